The van der Waals surface area contributed by atoms with E-state index in [0.29, 0.717) is 36.0 Å². The van der Waals surface area contributed by atoms with E-state index in [0.717, 1.165) is 25.3 Å². The van der Waals surface area contributed by atoms with Gasteiger partial charge in [-0.2, -0.15) is 0 Å². The van der Waals surface area contributed by atoms with Crippen LogP contribution in [-0.2, 0) is 0 Å². The lowest BCUT2D eigenvalue weighted by Crippen LogP contribution is -2.39. The van der Waals surface area contributed by atoms with Crippen LogP contribution in [0.3, 0.4) is 0 Å². The number of nitro benzene ring substituents is 1. The predicted octanol–water partition coefficient (Wildman–Crippen LogP) is 7.91. The quantitative estimate of drug-likeness (QED) is 0.0991. The Balaban J connectivity index is 1.92. The summed E-state index contributed by atoms with van der Waals surface area (Å²) in [4.78, 5) is 45.1. The molecule has 0 aliphatic rings. The number of amides is 1. The Morgan fingerprint density at radius 2 is 1.80 bits per heavy atom. The predicted molar refractivity (Wildman–Crippen MR) is 159 cm³/mol. The van der Waals surface area contributed by atoms with E-state index in [1.54, 1.807) is 29.2 Å². The third-order valence-electron chi connectivity index (χ3n) is 6.93. The summed E-state index contributed by atoms with van der Waals surface area (Å²) < 4.78 is 15.5. The van der Waals surface area contributed by atoms with E-state index < -0.39 is 28.2 Å². The van der Waals surface area contributed by atoms with Crippen molar-refractivity contribution < 1.29 is 14.1 Å². The van der Waals surface area contributed by atoms with Gasteiger partial charge in [0.05, 0.1) is 43.2 Å². The van der Waals surface area contributed by atoms with Gasteiger partial charge in [0.1, 0.15) is 11.6 Å². The largest absolute Gasteiger partial charge is 0.328 e. The maximum atomic E-state index is 14.1. The van der Waals surface area contributed by atoms with Crippen LogP contribution in [0.25, 0.3) is 16.6 Å². The Morgan fingerprint density at radius 1 is 1.05 bits per heavy atom. The van der Waals surface area contributed by atoms with E-state index in [4.69, 9.17) is 28.2 Å². The molecule has 3 aromatic carbocycles. The molecule has 1 heterocycles. The summed E-state index contributed by atoms with van der Waals surface area (Å²) in [5.74, 6) is -0.800. The third-order valence-corrected chi connectivity index (χ3v) is 7.53. The van der Waals surface area contributed by atoms with Crippen LogP contribution >= 0.6 is 23.2 Å². The fourth-order valence-corrected chi connectivity index (χ4v) is 5.27. The SMILES string of the molecule is CCCCCCN(C(=O)c1ccc([N+](=O)[O-])cc1Cl)C(CC)c1nc2ccccc2c(=O)n1-c1ccc(F)c(Cl)c1. The standard InChI is InChI=1S/C30H29Cl2FN4O4/c1-3-5-6-9-16-35(29(38)21-14-12-20(37(40)41)18-23(21)31)27(4-2)28-34-26-11-8-7-10-22(26)30(39)36(28)19-13-15-25(33)24(32)17-19/h7-8,10-15,17-18,27H,3-6,9,16H2,1-2H3. The van der Waals surface area contributed by atoms with Gasteiger partial charge < -0.3 is 4.90 Å². The number of carbonyl (C=O) groups excluding carboxylic acids is 1. The fourth-order valence-electron chi connectivity index (χ4n) is 4.84. The summed E-state index contributed by atoms with van der Waals surface area (Å²) in [6, 6.07) is 13.9. The van der Waals surface area contributed by atoms with E-state index in [2.05, 4.69) is 6.92 Å². The van der Waals surface area contributed by atoms with Crippen molar-refractivity contribution in [1.29, 1.82) is 0 Å². The maximum absolute atomic E-state index is 14.1. The lowest BCUT2D eigenvalue weighted by Gasteiger charge is -2.33. The molecule has 0 fully saturated rings. The van der Waals surface area contributed by atoms with Crippen LogP contribution in [0.5, 0.6) is 0 Å². The Bertz CT molecular complexity index is 1660. The van der Waals surface area contributed by atoms with Gasteiger partial charge in [-0.3, -0.25) is 24.3 Å². The number of nitro groups is 1. The lowest BCUT2D eigenvalue weighted by atomic mass is 10.1. The van der Waals surface area contributed by atoms with Crippen LogP contribution < -0.4 is 5.56 Å². The molecule has 1 atom stereocenters. The molecule has 0 aliphatic heterocycles. The molecule has 1 unspecified atom stereocenters. The van der Waals surface area contributed by atoms with E-state index >= 15 is 0 Å². The molecule has 0 N–H and O–H groups in total. The van der Waals surface area contributed by atoms with Gasteiger partial charge in [-0.1, -0.05) is 68.4 Å². The second-order valence-electron chi connectivity index (χ2n) is 9.63. The van der Waals surface area contributed by atoms with Gasteiger partial charge in [0.25, 0.3) is 17.2 Å². The minimum atomic E-state index is -0.698. The normalized spacial score (nSPS) is 11.9. The van der Waals surface area contributed by atoms with Crippen molar-refractivity contribution in [3.63, 3.8) is 0 Å². The Hall–Kier alpha value is -3.82. The molecule has 0 saturated carbocycles. The molecule has 4 rings (SSSR count). The smallest absolute Gasteiger partial charge is 0.270 e. The maximum Gasteiger partial charge on any atom is 0.270 e. The van der Waals surface area contributed by atoms with Gasteiger partial charge in [0.15, 0.2) is 0 Å². The first-order valence-electron chi connectivity index (χ1n) is 13.4. The van der Waals surface area contributed by atoms with Crippen molar-refractivity contribution in [2.24, 2.45) is 0 Å². The van der Waals surface area contributed by atoms with Crippen molar-refractivity contribution in [3.05, 3.63) is 108 Å². The molecule has 0 aliphatic carbocycles. The second kappa shape index (κ2) is 13.2. The second-order valence-corrected chi connectivity index (χ2v) is 10.4. The highest BCUT2D eigenvalue weighted by Crippen LogP contribution is 2.31. The summed E-state index contributed by atoms with van der Waals surface area (Å²) in [7, 11) is 0. The Kier molecular flexibility index (Phi) is 9.73. The molecule has 0 bridgehead atoms. The van der Waals surface area contributed by atoms with Crippen molar-refractivity contribution >= 4 is 45.7 Å². The van der Waals surface area contributed by atoms with Crippen molar-refractivity contribution in [3.8, 4) is 5.69 Å². The number of halogens is 3. The molecular weight excluding hydrogens is 570 g/mol. The minimum Gasteiger partial charge on any atom is -0.328 e. The number of nitrogens with zero attached hydrogens (tertiary/aromatic N) is 4. The van der Waals surface area contributed by atoms with Crippen molar-refractivity contribution in [2.45, 2.75) is 52.0 Å². The van der Waals surface area contributed by atoms with E-state index in [9.17, 15) is 24.1 Å². The topological polar surface area (TPSA) is 98.3 Å². The molecule has 0 spiro atoms. The molecule has 214 valence electrons. The molecule has 1 aromatic heterocycles. The van der Waals surface area contributed by atoms with Crippen LogP contribution in [0.1, 0.15) is 68.2 Å². The van der Waals surface area contributed by atoms with E-state index in [1.807, 2.05) is 6.92 Å². The van der Waals surface area contributed by atoms with Crippen LogP contribution in [-0.4, -0.2) is 31.8 Å². The Morgan fingerprint density at radius 3 is 2.46 bits per heavy atom. The van der Waals surface area contributed by atoms with Crippen LogP contribution in [0.4, 0.5) is 10.1 Å². The van der Waals surface area contributed by atoms with Crippen molar-refractivity contribution in [1.82, 2.24) is 14.5 Å². The molecular formula is C30H29Cl2FN4O4. The first-order chi connectivity index (χ1) is 19.7. The highest BCUT2D eigenvalue weighted by Gasteiger charge is 2.31. The molecule has 8 nitrogen and oxygen atoms in total. The molecule has 41 heavy (non-hydrogen) atoms. The molecule has 11 heteroatoms. The van der Waals surface area contributed by atoms with Crippen LogP contribution in [0, 0.1) is 15.9 Å². The number of carbonyl (C=O) groups is 1. The molecule has 0 radical (unpaired) electrons. The molecule has 1 amide bonds. The summed E-state index contributed by atoms with van der Waals surface area (Å²) in [6.45, 7) is 4.29. The summed E-state index contributed by atoms with van der Waals surface area (Å²) >= 11 is 12.5. The summed E-state index contributed by atoms with van der Waals surface area (Å²) in [5, 5.41) is 11.4. The fraction of sp³-hybridized carbons (Fsp3) is 0.300. The number of hydrogen-bond donors (Lipinski definition) is 0. The van der Waals surface area contributed by atoms with E-state index in [-0.39, 0.29) is 27.1 Å². The highest BCUT2D eigenvalue weighted by atomic mass is 35.5. The van der Waals surface area contributed by atoms with Gasteiger partial charge in [-0.25, -0.2) is 9.37 Å². The average Bonchev–Trinajstić information content (AvgIpc) is 2.96. The first-order valence-corrected chi connectivity index (χ1v) is 14.2. The number of unbranched alkanes of at least 4 members (excludes halogenated alkanes) is 3. The average molecular weight is 599 g/mol. The van der Waals surface area contributed by atoms with Gasteiger partial charge in [0, 0.05) is 18.7 Å². The summed E-state index contributed by atoms with van der Waals surface area (Å²) in [5.41, 5.74) is 0.234. The zero-order valence-electron chi connectivity index (χ0n) is 22.6. The molecule has 0 saturated heterocycles. The van der Waals surface area contributed by atoms with E-state index in [1.165, 1.54) is 34.9 Å². The number of fused-ring (bicyclic) bond motifs is 1. The lowest BCUT2D eigenvalue weighted by molar-refractivity contribution is -0.384. The number of benzene rings is 3. The first kappa shape index (κ1) is 30.1. The number of rotatable bonds is 11. The number of non-ortho nitro benzene ring substituents is 1. The van der Waals surface area contributed by atoms with Crippen LogP contribution in [0.2, 0.25) is 10.0 Å². The zero-order valence-corrected chi connectivity index (χ0v) is 24.2. The minimum absolute atomic E-state index is 0.0493. The molecule has 4 aromatic rings. The van der Waals surface area contributed by atoms with Gasteiger partial charge >= 0.3 is 0 Å². The summed E-state index contributed by atoms with van der Waals surface area (Å²) in [6.07, 6.45) is 3.90. The highest BCUT2D eigenvalue weighted by molar-refractivity contribution is 6.34. The number of aromatic nitrogens is 2. The zero-order chi connectivity index (χ0) is 29.7. The third kappa shape index (κ3) is 6.41. The van der Waals surface area contributed by atoms with Gasteiger partial charge in [-0.05, 0) is 49.2 Å². The monoisotopic (exact) mass is 598 g/mol. The number of para-hydroxylation sites is 1. The van der Waals surface area contributed by atoms with Gasteiger partial charge in [-0.15, -0.1) is 0 Å². The van der Waals surface area contributed by atoms with Crippen LogP contribution in [0.15, 0.2) is 65.5 Å². The van der Waals surface area contributed by atoms with Crippen molar-refractivity contribution in [2.75, 3.05) is 6.54 Å². The Labute approximate surface area is 246 Å². The van der Waals surface area contributed by atoms with Gasteiger partial charge in [0.2, 0.25) is 0 Å². The number of hydrogen-bond acceptors (Lipinski definition) is 5.